The summed E-state index contributed by atoms with van der Waals surface area (Å²) in [4.78, 5) is 11.2. The van der Waals surface area contributed by atoms with E-state index in [0.717, 1.165) is 45.3 Å². The van der Waals surface area contributed by atoms with Gasteiger partial charge in [-0.1, -0.05) is 6.92 Å². The molecule has 6 nitrogen and oxygen atoms in total. The van der Waals surface area contributed by atoms with Crippen LogP contribution in [-0.4, -0.2) is 44.9 Å². The van der Waals surface area contributed by atoms with Crippen LogP contribution in [0.3, 0.4) is 0 Å². The highest BCUT2D eigenvalue weighted by Gasteiger charge is 2.04. The first-order chi connectivity index (χ1) is 8.70. The molecule has 0 aromatic carbocycles. The van der Waals surface area contributed by atoms with Crippen molar-refractivity contribution in [3.8, 4) is 0 Å². The summed E-state index contributed by atoms with van der Waals surface area (Å²) in [6.45, 7) is 5.47. The number of hydrogen-bond donors (Lipinski definition) is 4. The Kier molecular flexibility index (Phi) is 12.0. The Morgan fingerprint density at radius 2 is 1.94 bits per heavy atom. The predicted molar refractivity (Wildman–Crippen MR) is 73.4 cm³/mol. The number of unbranched alkanes of at least 4 members (excludes halogenated alkanes) is 1. The van der Waals surface area contributed by atoms with Gasteiger partial charge in [-0.05, 0) is 45.3 Å². The number of amides is 1. The zero-order valence-corrected chi connectivity index (χ0v) is 11.4. The molecule has 0 aromatic rings. The molecular weight excluding hydrogens is 232 g/mol. The van der Waals surface area contributed by atoms with Crippen molar-refractivity contribution in [3.05, 3.63) is 0 Å². The van der Waals surface area contributed by atoms with Crippen molar-refractivity contribution in [1.82, 2.24) is 10.6 Å². The third-order valence-electron chi connectivity index (χ3n) is 2.56. The van der Waals surface area contributed by atoms with Crippen LogP contribution >= 0.6 is 0 Å². The smallest absolute Gasteiger partial charge is 0.407 e. The van der Waals surface area contributed by atoms with Gasteiger partial charge in [0, 0.05) is 12.6 Å². The lowest BCUT2D eigenvalue weighted by atomic mass is 10.3. The maximum atomic E-state index is 11.2. The van der Waals surface area contributed by atoms with Gasteiger partial charge < -0.3 is 26.8 Å². The Morgan fingerprint density at radius 1 is 1.22 bits per heavy atom. The molecule has 0 heterocycles. The number of rotatable bonds is 11. The molecule has 0 aliphatic rings. The standard InChI is InChI=1S/C12H28N4O2/c1-2-11(14)10-18-12(17)16-9-5-8-15-7-4-3-6-13/h11,15H,2-10,13-14H2,1H3,(H,16,17)/t11-/m0/s1. The van der Waals surface area contributed by atoms with Crippen LogP contribution in [0.4, 0.5) is 4.79 Å². The molecule has 0 aliphatic heterocycles. The van der Waals surface area contributed by atoms with Gasteiger partial charge in [-0.25, -0.2) is 4.79 Å². The summed E-state index contributed by atoms with van der Waals surface area (Å²) in [6.07, 6.45) is 3.45. The largest absolute Gasteiger partial charge is 0.448 e. The summed E-state index contributed by atoms with van der Waals surface area (Å²) in [6, 6.07) is -0.0695. The molecule has 1 atom stereocenters. The molecule has 0 unspecified atom stereocenters. The number of nitrogens with two attached hydrogens (primary N) is 2. The van der Waals surface area contributed by atoms with E-state index in [-0.39, 0.29) is 18.7 Å². The van der Waals surface area contributed by atoms with Crippen LogP contribution in [0, 0.1) is 0 Å². The van der Waals surface area contributed by atoms with Crippen LogP contribution in [0.5, 0.6) is 0 Å². The lowest BCUT2D eigenvalue weighted by Crippen LogP contribution is -2.33. The number of carbonyl (C=O) groups excluding carboxylic acids is 1. The van der Waals surface area contributed by atoms with Gasteiger partial charge in [0.25, 0.3) is 0 Å². The van der Waals surface area contributed by atoms with E-state index in [4.69, 9.17) is 16.2 Å². The molecular formula is C12H28N4O2. The maximum absolute atomic E-state index is 11.2. The molecule has 0 saturated heterocycles. The van der Waals surface area contributed by atoms with Crippen LogP contribution in [0.15, 0.2) is 0 Å². The Hall–Kier alpha value is -0.850. The van der Waals surface area contributed by atoms with E-state index in [9.17, 15) is 4.79 Å². The monoisotopic (exact) mass is 260 g/mol. The predicted octanol–water partition coefficient (Wildman–Crippen LogP) is 0.169. The van der Waals surface area contributed by atoms with Crippen molar-refractivity contribution >= 4 is 6.09 Å². The lowest BCUT2D eigenvalue weighted by Gasteiger charge is -2.10. The van der Waals surface area contributed by atoms with E-state index >= 15 is 0 Å². The van der Waals surface area contributed by atoms with E-state index in [1.807, 2.05) is 6.92 Å². The van der Waals surface area contributed by atoms with Crippen LogP contribution in [0.2, 0.25) is 0 Å². The molecule has 0 bridgehead atoms. The highest BCUT2D eigenvalue weighted by Crippen LogP contribution is 1.88. The summed E-state index contributed by atoms with van der Waals surface area (Å²) >= 11 is 0. The SMILES string of the molecule is CC[C@H](N)COC(=O)NCCCNCCCCN. The van der Waals surface area contributed by atoms with E-state index in [1.54, 1.807) is 0 Å². The number of ether oxygens (including phenoxy) is 1. The molecule has 0 aromatic heterocycles. The van der Waals surface area contributed by atoms with Gasteiger partial charge in [0.15, 0.2) is 0 Å². The topological polar surface area (TPSA) is 102 Å². The summed E-state index contributed by atoms with van der Waals surface area (Å²) in [5.41, 5.74) is 11.0. The Balaban J connectivity index is 3.20. The third-order valence-corrected chi connectivity index (χ3v) is 2.56. The van der Waals surface area contributed by atoms with Crippen molar-refractivity contribution in [2.45, 2.75) is 38.6 Å². The van der Waals surface area contributed by atoms with Crippen molar-refractivity contribution in [1.29, 1.82) is 0 Å². The summed E-state index contributed by atoms with van der Waals surface area (Å²) in [5, 5.41) is 5.97. The minimum atomic E-state index is -0.387. The van der Waals surface area contributed by atoms with Crippen LogP contribution in [0.1, 0.15) is 32.6 Å². The number of carbonyl (C=O) groups is 1. The fourth-order valence-electron chi connectivity index (χ4n) is 1.27. The zero-order valence-electron chi connectivity index (χ0n) is 11.4. The van der Waals surface area contributed by atoms with Crippen molar-refractivity contribution in [2.24, 2.45) is 11.5 Å². The van der Waals surface area contributed by atoms with Crippen molar-refractivity contribution in [3.63, 3.8) is 0 Å². The molecule has 0 aliphatic carbocycles. The molecule has 18 heavy (non-hydrogen) atoms. The fraction of sp³-hybridized carbons (Fsp3) is 0.917. The molecule has 1 amide bonds. The maximum Gasteiger partial charge on any atom is 0.407 e. The quantitative estimate of drug-likeness (QED) is 0.397. The highest BCUT2D eigenvalue weighted by molar-refractivity contribution is 5.67. The molecule has 0 saturated carbocycles. The average Bonchev–Trinajstić information content (AvgIpc) is 2.39. The first-order valence-electron chi connectivity index (χ1n) is 6.77. The Bertz CT molecular complexity index is 203. The summed E-state index contributed by atoms with van der Waals surface area (Å²) < 4.78 is 4.95. The third kappa shape index (κ3) is 11.6. The lowest BCUT2D eigenvalue weighted by molar-refractivity contribution is 0.138. The van der Waals surface area contributed by atoms with E-state index < -0.39 is 0 Å². The average molecular weight is 260 g/mol. The minimum Gasteiger partial charge on any atom is -0.448 e. The van der Waals surface area contributed by atoms with Gasteiger partial charge in [-0.2, -0.15) is 0 Å². The first kappa shape index (κ1) is 17.2. The highest BCUT2D eigenvalue weighted by atomic mass is 16.5. The number of hydrogen-bond acceptors (Lipinski definition) is 5. The van der Waals surface area contributed by atoms with E-state index in [1.165, 1.54) is 0 Å². The molecule has 0 radical (unpaired) electrons. The molecule has 0 fully saturated rings. The second-order valence-electron chi connectivity index (χ2n) is 4.29. The van der Waals surface area contributed by atoms with Crippen LogP contribution < -0.4 is 22.1 Å². The normalized spacial score (nSPS) is 12.2. The van der Waals surface area contributed by atoms with Gasteiger partial charge in [-0.15, -0.1) is 0 Å². The molecule has 6 heteroatoms. The van der Waals surface area contributed by atoms with E-state index in [0.29, 0.717) is 6.54 Å². The van der Waals surface area contributed by atoms with Crippen LogP contribution in [-0.2, 0) is 4.74 Å². The minimum absolute atomic E-state index is 0.0695. The fourth-order valence-corrected chi connectivity index (χ4v) is 1.27. The Morgan fingerprint density at radius 3 is 2.61 bits per heavy atom. The summed E-state index contributed by atoms with van der Waals surface area (Å²) in [7, 11) is 0. The summed E-state index contributed by atoms with van der Waals surface area (Å²) in [5.74, 6) is 0. The second-order valence-corrected chi connectivity index (χ2v) is 4.29. The molecule has 6 N–H and O–H groups in total. The number of alkyl carbamates (subject to hydrolysis) is 1. The molecule has 108 valence electrons. The van der Waals surface area contributed by atoms with Gasteiger partial charge in [0.2, 0.25) is 0 Å². The Labute approximate surface area is 110 Å². The first-order valence-corrected chi connectivity index (χ1v) is 6.77. The van der Waals surface area contributed by atoms with Gasteiger partial charge in [0.05, 0.1) is 0 Å². The van der Waals surface area contributed by atoms with Crippen molar-refractivity contribution < 1.29 is 9.53 Å². The van der Waals surface area contributed by atoms with Crippen LogP contribution in [0.25, 0.3) is 0 Å². The van der Waals surface area contributed by atoms with Crippen molar-refractivity contribution in [2.75, 3.05) is 32.8 Å². The number of nitrogens with one attached hydrogen (secondary N) is 2. The van der Waals surface area contributed by atoms with Gasteiger partial charge >= 0.3 is 6.09 Å². The molecule has 0 rings (SSSR count). The van der Waals surface area contributed by atoms with Gasteiger partial charge in [0.1, 0.15) is 6.61 Å². The van der Waals surface area contributed by atoms with Gasteiger partial charge in [-0.3, -0.25) is 0 Å². The second kappa shape index (κ2) is 12.6. The molecule has 0 spiro atoms. The zero-order chi connectivity index (χ0) is 13.6. The van der Waals surface area contributed by atoms with E-state index in [2.05, 4.69) is 10.6 Å².